The maximum absolute atomic E-state index is 11.7. The van der Waals surface area contributed by atoms with Crippen molar-refractivity contribution in [1.29, 1.82) is 5.26 Å². The molecule has 1 rings (SSSR count). The van der Waals surface area contributed by atoms with Crippen LogP contribution in [0, 0.1) is 18.3 Å². The molecule has 84 valence electrons. The molecule has 1 aromatic rings. The number of aliphatic hydroxyl groups is 1. The Hall–Kier alpha value is -1.86. The number of nitrogens with zero attached hydrogens (tertiary/aromatic N) is 1. The fraction of sp³-hybridized carbons (Fsp3) is 0.333. The second-order valence-electron chi connectivity index (χ2n) is 3.70. The monoisotopic (exact) mass is 218 g/mol. The number of nitriles is 1. The van der Waals surface area contributed by atoms with Gasteiger partial charge < -0.3 is 10.4 Å². The lowest BCUT2D eigenvalue weighted by molar-refractivity contribution is 0.0923. The standard InChI is InChI=1S/C12H14N2O2/c1-8-5-10(6-13)3-4-11(8)12(16)14-7-9(2)15/h3-5,9,15H,7H2,1-2H3,(H,14,16). The minimum Gasteiger partial charge on any atom is -0.392 e. The van der Waals surface area contributed by atoms with Gasteiger partial charge in [-0.05, 0) is 37.6 Å². The summed E-state index contributed by atoms with van der Waals surface area (Å²) in [6.07, 6.45) is -0.567. The molecule has 0 saturated heterocycles. The summed E-state index contributed by atoms with van der Waals surface area (Å²) in [5.74, 6) is -0.233. The lowest BCUT2D eigenvalue weighted by Crippen LogP contribution is -2.30. The molecule has 1 amide bonds. The molecule has 0 radical (unpaired) electrons. The molecule has 0 spiro atoms. The van der Waals surface area contributed by atoms with Gasteiger partial charge in [0.15, 0.2) is 0 Å². The Labute approximate surface area is 94.5 Å². The minimum absolute atomic E-state index is 0.221. The zero-order chi connectivity index (χ0) is 12.1. The number of carbonyl (C=O) groups is 1. The average molecular weight is 218 g/mol. The zero-order valence-electron chi connectivity index (χ0n) is 9.32. The van der Waals surface area contributed by atoms with Gasteiger partial charge >= 0.3 is 0 Å². The molecule has 0 heterocycles. The molecule has 0 aliphatic heterocycles. The second-order valence-corrected chi connectivity index (χ2v) is 3.70. The smallest absolute Gasteiger partial charge is 0.251 e. The molecule has 0 saturated carbocycles. The van der Waals surface area contributed by atoms with Crippen molar-refractivity contribution < 1.29 is 9.90 Å². The summed E-state index contributed by atoms with van der Waals surface area (Å²) in [6, 6.07) is 6.89. The number of aliphatic hydroxyl groups excluding tert-OH is 1. The molecule has 0 bridgehead atoms. The van der Waals surface area contributed by atoms with Crippen LogP contribution in [0.3, 0.4) is 0 Å². The molecule has 1 aromatic carbocycles. The van der Waals surface area contributed by atoms with Crippen molar-refractivity contribution >= 4 is 5.91 Å². The predicted octanol–water partition coefficient (Wildman–Crippen LogP) is 0.977. The predicted molar refractivity (Wildman–Crippen MR) is 59.9 cm³/mol. The van der Waals surface area contributed by atoms with Crippen LogP contribution in [0.4, 0.5) is 0 Å². The molecule has 0 aliphatic rings. The van der Waals surface area contributed by atoms with E-state index in [-0.39, 0.29) is 12.5 Å². The third-order valence-electron chi connectivity index (χ3n) is 2.16. The first-order valence-corrected chi connectivity index (χ1v) is 5.01. The van der Waals surface area contributed by atoms with Gasteiger partial charge in [-0.1, -0.05) is 0 Å². The van der Waals surface area contributed by atoms with Gasteiger partial charge in [-0.2, -0.15) is 5.26 Å². The number of benzene rings is 1. The Morgan fingerprint density at radius 1 is 1.62 bits per heavy atom. The average Bonchev–Trinajstić information content (AvgIpc) is 2.25. The number of carbonyl (C=O) groups excluding carboxylic acids is 1. The highest BCUT2D eigenvalue weighted by molar-refractivity contribution is 5.95. The van der Waals surface area contributed by atoms with Gasteiger partial charge in [-0.15, -0.1) is 0 Å². The molecule has 1 atom stereocenters. The van der Waals surface area contributed by atoms with Crippen LogP contribution in [0.2, 0.25) is 0 Å². The van der Waals surface area contributed by atoms with Crippen molar-refractivity contribution in [2.75, 3.05) is 6.54 Å². The molecular formula is C12H14N2O2. The van der Waals surface area contributed by atoms with Crippen molar-refractivity contribution in [1.82, 2.24) is 5.32 Å². The van der Waals surface area contributed by atoms with Crippen LogP contribution < -0.4 is 5.32 Å². The molecular weight excluding hydrogens is 204 g/mol. The van der Waals surface area contributed by atoms with Gasteiger partial charge in [0.25, 0.3) is 5.91 Å². The number of aryl methyl sites for hydroxylation is 1. The van der Waals surface area contributed by atoms with Crippen molar-refractivity contribution in [3.8, 4) is 6.07 Å². The van der Waals surface area contributed by atoms with Gasteiger partial charge in [0.05, 0.1) is 17.7 Å². The number of hydrogen-bond acceptors (Lipinski definition) is 3. The van der Waals surface area contributed by atoms with Gasteiger partial charge in [-0.25, -0.2) is 0 Å². The highest BCUT2D eigenvalue weighted by Gasteiger charge is 2.09. The van der Waals surface area contributed by atoms with E-state index in [2.05, 4.69) is 5.32 Å². The van der Waals surface area contributed by atoms with Gasteiger partial charge in [0.2, 0.25) is 0 Å². The van der Waals surface area contributed by atoms with Crippen LogP contribution in [0.25, 0.3) is 0 Å². The van der Waals surface area contributed by atoms with Crippen molar-refractivity contribution in [2.45, 2.75) is 20.0 Å². The van der Waals surface area contributed by atoms with Crippen LogP contribution in [0.1, 0.15) is 28.4 Å². The molecule has 1 unspecified atom stereocenters. The summed E-state index contributed by atoms with van der Waals surface area (Å²) >= 11 is 0. The first-order valence-electron chi connectivity index (χ1n) is 5.01. The van der Waals surface area contributed by atoms with Gasteiger partial charge in [0.1, 0.15) is 0 Å². The zero-order valence-corrected chi connectivity index (χ0v) is 9.32. The molecule has 0 aromatic heterocycles. The first-order chi connectivity index (χ1) is 7.54. The van der Waals surface area contributed by atoms with E-state index >= 15 is 0 Å². The fourth-order valence-corrected chi connectivity index (χ4v) is 1.32. The molecule has 0 fully saturated rings. The number of amides is 1. The molecule has 16 heavy (non-hydrogen) atoms. The molecule has 0 aliphatic carbocycles. The van der Waals surface area contributed by atoms with Crippen molar-refractivity contribution in [2.24, 2.45) is 0 Å². The number of hydrogen-bond donors (Lipinski definition) is 2. The topological polar surface area (TPSA) is 73.1 Å². The van der Waals surface area contributed by atoms with Crippen molar-refractivity contribution in [3.63, 3.8) is 0 Å². The van der Waals surface area contributed by atoms with Crippen LogP contribution in [0.15, 0.2) is 18.2 Å². The van der Waals surface area contributed by atoms with Crippen LogP contribution >= 0.6 is 0 Å². The third kappa shape index (κ3) is 3.07. The summed E-state index contributed by atoms with van der Waals surface area (Å²) in [4.78, 5) is 11.7. The Bertz CT molecular complexity index is 433. The summed E-state index contributed by atoms with van der Waals surface area (Å²) in [7, 11) is 0. The van der Waals surface area contributed by atoms with E-state index in [0.29, 0.717) is 11.1 Å². The lowest BCUT2D eigenvalue weighted by Gasteiger charge is -2.09. The largest absolute Gasteiger partial charge is 0.392 e. The lowest BCUT2D eigenvalue weighted by atomic mass is 10.1. The van der Waals surface area contributed by atoms with E-state index in [9.17, 15) is 4.79 Å². The SMILES string of the molecule is Cc1cc(C#N)ccc1C(=O)NCC(C)O. The summed E-state index contributed by atoms with van der Waals surface area (Å²) in [5, 5.41) is 20.3. The number of rotatable bonds is 3. The van der Waals surface area contributed by atoms with Gasteiger partial charge in [0, 0.05) is 12.1 Å². The van der Waals surface area contributed by atoms with E-state index in [4.69, 9.17) is 10.4 Å². The highest BCUT2D eigenvalue weighted by atomic mass is 16.3. The summed E-state index contributed by atoms with van der Waals surface area (Å²) < 4.78 is 0. The highest BCUT2D eigenvalue weighted by Crippen LogP contribution is 2.10. The minimum atomic E-state index is -0.567. The Kier molecular flexibility index (Phi) is 4.03. The van der Waals surface area contributed by atoms with Crippen LogP contribution in [-0.2, 0) is 0 Å². The molecule has 4 nitrogen and oxygen atoms in total. The fourth-order valence-electron chi connectivity index (χ4n) is 1.32. The Morgan fingerprint density at radius 2 is 2.31 bits per heavy atom. The molecule has 4 heteroatoms. The van der Waals surface area contributed by atoms with E-state index in [1.54, 1.807) is 32.0 Å². The normalized spacial score (nSPS) is 11.6. The van der Waals surface area contributed by atoms with Crippen molar-refractivity contribution in [3.05, 3.63) is 34.9 Å². The van der Waals surface area contributed by atoms with Crippen LogP contribution in [0.5, 0.6) is 0 Å². The number of nitrogens with one attached hydrogen (secondary N) is 1. The first kappa shape index (κ1) is 12.2. The maximum Gasteiger partial charge on any atom is 0.251 e. The van der Waals surface area contributed by atoms with Gasteiger partial charge in [-0.3, -0.25) is 4.79 Å². The maximum atomic E-state index is 11.7. The second kappa shape index (κ2) is 5.29. The summed E-state index contributed by atoms with van der Waals surface area (Å²) in [6.45, 7) is 3.60. The van der Waals surface area contributed by atoms with E-state index < -0.39 is 6.10 Å². The third-order valence-corrected chi connectivity index (χ3v) is 2.16. The summed E-state index contributed by atoms with van der Waals surface area (Å²) in [5.41, 5.74) is 1.81. The quantitative estimate of drug-likeness (QED) is 0.794. The Morgan fingerprint density at radius 3 is 2.81 bits per heavy atom. The van der Waals surface area contributed by atoms with E-state index in [1.165, 1.54) is 0 Å². The Balaban J connectivity index is 2.81. The van der Waals surface area contributed by atoms with E-state index in [0.717, 1.165) is 5.56 Å². The van der Waals surface area contributed by atoms with Crippen LogP contribution in [-0.4, -0.2) is 23.7 Å². The van der Waals surface area contributed by atoms with E-state index in [1.807, 2.05) is 6.07 Å². The molecule has 2 N–H and O–H groups in total.